The summed E-state index contributed by atoms with van der Waals surface area (Å²) in [6.45, 7) is 0. The maximum absolute atomic E-state index is 5.13. The second-order valence-corrected chi connectivity index (χ2v) is 4.10. The molecule has 3 heterocycles. The molecule has 16 heavy (non-hydrogen) atoms. The fourth-order valence-electron chi connectivity index (χ4n) is 1.55. The summed E-state index contributed by atoms with van der Waals surface area (Å²) in [5.74, 6) is 0.484. The molecule has 0 amide bonds. The van der Waals surface area contributed by atoms with Crippen LogP contribution in [0.15, 0.2) is 30.0 Å². The second-order valence-electron chi connectivity index (χ2n) is 3.15. The number of hydrogen-bond acceptors (Lipinski definition) is 5. The molecule has 0 unspecified atom stereocenters. The van der Waals surface area contributed by atoms with Gasteiger partial charge in [-0.3, -0.25) is 4.40 Å². The lowest BCUT2D eigenvalue weighted by Crippen LogP contribution is -1.96. The number of fused-ring (bicyclic) bond motifs is 1. The predicted molar refractivity (Wildman–Crippen MR) is 60.6 cm³/mol. The summed E-state index contributed by atoms with van der Waals surface area (Å²) >= 11 is 1.65. The Kier molecular flexibility index (Phi) is 2.07. The first-order valence-corrected chi connectivity index (χ1v) is 5.54. The van der Waals surface area contributed by atoms with Crippen molar-refractivity contribution in [3.8, 4) is 16.5 Å². The Labute approximate surface area is 95.4 Å². The maximum atomic E-state index is 5.13. The molecule has 0 saturated heterocycles. The van der Waals surface area contributed by atoms with E-state index in [0.29, 0.717) is 11.5 Å². The Balaban J connectivity index is 2.31. The van der Waals surface area contributed by atoms with Gasteiger partial charge in [0.2, 0.25) is 5.65 Å². The molecule has 5 nitrogen and oxygen atoms in total. The zero-order valence-corrected chi connectivity index (χ0v) is 9.31. The zero-order chi connectivity index (χ0) is 11.0. The molecule has 0 aromatic carbocycles. The molecule has 0 radical (unpaired) electrons. The summed E-state index contributed by atoms with van der Waals surface area (Å²) in [5, 5.41) is 9.89. The predicted octanol–water partition coefficient (Wildman–Crippen LogP) is 1.86. The standard InChI is InChI=1S/C10H8N4OS/c1-15-10-9-13-12-6-14(9)7(5-11-10)8-3-2-4-16-8/h2-6H,1H3. The monoisotopic (exact) mass is 232 g/mol. The van der Waals surface area contributed by atoms with Crippen LogP contribution in [0.4, 0.5) is 0 Å². The van der Waals surface area contributed by atoms with Gasteiger partial charge in [0.05, 0.1) is 23.9 Å². The normalized spacial score (nSPS) is 10.8. The SMILES string of the molecule is COc1ncc(-c2cccs2)n2cnnc12. The number of thiophene rings is 1. The number of ether oxygens (including phenoxy) is 1. The molecule has 0 atom stereocenters. The van der Waals surface area contributed by atoms with Crippen LogP contribution in [-0.4, -0.2) is 26.7 Å². The molecule has 3 rings (SSSR count). The van der Waals surface area contributed by atoms with Gasteiger partial charge in [-0.1, -0.05) is 6.07 Å². The summed E-state index contributed by atoms with van der Waals surface area (Å²) in [4.78, 5) is 5.34. The maximum Gasteiger partial charge on any atom is 0.260 e. The fourth-order valence-corrected chi connectivity index (χ4v) is 2.28. The van der Waals surface area contributed by atoms with Crippen molar-refractivity contribution >= 4 is 17.0 Å². The number of methoxy groups -OCH3 is 1. The molecular formula is C10H8N4OS. The van der Waals surface area contributed by atoms with Gasteiger partial charge < -0.3 is 4.74 Å². The molecule has 0 spiro atoms. The lowest BCUT2D eigenvalue weighted by Gasteiger charge is -2.04. The summed E-state index contributed by atoms with van der Waals surface area (Å²) in [6.07, 6.45) is 3.43. The third-order valence-electron chi connectivity index (χ3n) is 2.27. The lowest BCUT2D eigenvalue weighted by atomic mass is 10.3. The van der Waals surface area contributed by atoms with E-state index >= 15 is 0 Å². The van der Waals surface area contributed by atoms with Gasteiger partial charge in [-0.25, -0.2) is 4.98 Å². The van der Waals surface area contributed by atoms with E-state index in [1.165, 1.54) is 0 Å². The van der Waals surface area contributed by atoms with Gasteiger partial charge in [-0.2, -0.15) is 0 Å². The first-order chi connectivity index (χ1) is 7.90. The molecule has 0 fully saturated rings. The van der Waals surface area contributed by atoms with Gasteiger partial charge in [0.1, 0.15) is 6.33 Å². The van der Waals surface area contributed by atoms with Crippen molar-refractivity contribution in [1.29, 1.82) is 0 Å². The van der Waals surface area contributed by atoms with E-state index in [2.05, 4.69) is 15.2 Å². The summed E-state index contributed by atoms with van der Waals surface area (Å²) in [5.41, 5.74) is 1.60. The van der Waals surface area contributed by atoms with Gasteiger partial charge in [-0.15, -0.1) is 21.5 Å². The average Bonchev–Trinajstić information content (AvgIpc) is 2.98. The van der Waals surface area contributed by atoms with Crippen LogP contribution >= 0.6 is 11.3 Å². The van der Waals surface area contributed by atoms with Crippen molar-refractivity contribution in [3.05, 3.63) is 30.0 Å². The Morgan fingerprint density at radius 1 is 1.44 bits per heavy atom. The highest BCUT2D eigenvalue weighted by Gasteiger charge is 2.11. The molecule has 6 heteroatoms. The van der Waals surface area contributed by atoms with Crippen LogP contribution in [0.5, 0.6) is 5.88 Å². The second kappa shape index (κ2) is 3.57. The van der Waals surface area contributed by atoms with E-state index in [4.69, 9.17) is 4.74 Å². The van der Waals surface area contributed by atoms with Crippen LogP contribution in [0, 0.1) is 0 Å². The van der Waals surface area contributed by atoms with E-state index in [1.54, 1.807) is 31.0 Å². The van der Waals surface area contributed by atoms with Crippen molar-refractivity contribution in [2.75, 3.05) is 7.11 Å². The number of hydrogen-bond donors (Lipinski definition) is 0. The number of aromatic nitrogens is 4. The van der Waals surface area contributed by atoms with Crippen molar-refractivity contribution in [2.45, 2.75) is 0 Å². The summed E-state index contributed by atoms with van der Waals surface area (Å²) in [6, 6.07) is 4.04. The molecule has 0 aliphatic carbocycles. The first-order valence-electron chi connectivity index (χ1n) is 4.67. The van der Waals surface area contributed by atoms with Gasteiger partial charge in [0.15, 0.2) is 0 Å². The van der Waals surface area contributed by atoms with Gasteiger partial charge in [0.25, 0.3) is 5.88 Å². The van der Waals surface area contributed by atoms with E-state index in [1.807, 2.05) is 21.9 Å². The minimum atomic E-state index is 0.484. The number of nitrogens with zero attached hydrogens (tertiary/aromatic N) is 4. The molecule has 0 aliphatic rings. The third-order valence-corrected chi connectivity index (χ3v) is 3.16. The van der Waals surface area contributed by atoms with E-state index in [0.717, 1.165) is 10.6 Å². The molecular weight excluding hydrogens is 224 g/mol. The van der Waals surface area contributed by atoms with Crippen LogP contribution in [0.2, 0.25) is 0 Å². The third kappa shape index (κ3) is 1.27. The molecule has 3 aromatic rings. The largest absolute Gasteiger partial charge is 0.478 e. The minimum absolute atomic E-state index is 0.484. The zero-order valence-electron chi connectivity index (χ0n) is 8.49. The van der Waals surface area contributed by atoms with E-state index < -0.39 is 0 Å². The molecule has 0 aliphatic heterocycles. The highest BCUT2D eigenvalue weighted by molar-refractivity contribution is 7.13. The van der Waals surface area contributed by atoms with Gasteiger partial charge in [0, 0.05) is 0 Å². The number of rotatable bonds is 2. The highest BCUT2D eigenvalue weighted by Crippen LogP contribution is 2.26. The quantitative estimate of drug-likeness (QED) is 0.676. The van der Waals surface area contributed by atoms with Crippen molar-refractivity contribution in [2.24, 2.45) is 0 Å². The molecule has 0 saturated carbocycles. The fraction of sp³-hybridized carbons (Fsp3) is 0.100. The molecule has 0 N–H and O–H groups in total. The van der Waals surface area contributed by atoms with E-state index in [-0.39, 0.29) is 0 Å². The van der Waals surface area contributed by atoms with Gasteiger partial charge >= 0.3 is 0 Å². The topological polar surface area (TPSA) is 52.3 Å². The average molecular weight is 232 g/mol. The molecule has 80 valence electrons. The lowest BCUT2D eigenvalue weighted by molar-refractivity contribution is 0.400. The van der Waals surface area contributed by atoms with Crippen LogP contribution in [0.1, 0.15) is 0 Å². The van der Waals surface area contributed by atoms with Gasteiger partial charge in [-0.05, 0) is 11.4 Å². The summed E-state index contributed by atoms with van der Waals surface area (Å²) < 4.78 is 7.00. The first kappa shape index (κ1) is 9.29. The van der Waals surface area contributed by atoms with Crippen molar-refractivity contribution in [3.63, 3.8) is 0 Å². The van der Waals surface area contributed by atoms with E-state index in [9.17, 15) is 0 Å². The van der Waals surface area contributed by atoms with Crippen molar-refractivity contribution < 1.29 is 4.74 Å². The van der Waals surface area contributed by atoms with Crippen LogP contribution in [-0.2, 0) is 0 Å². The minimum Gasteiger partial charge on any atom is -0.478 e. The Morgan fingerprint density at radius 3 is 3.12 bits per heavy atom. The van der Waals surface area contributed by atoms with Crippen LogP contribution in [0.3, 0.4) is 0 Å². The Hall–Kier alpha value is -1.95. The summed E-state index contributed by atoms with van der Waals surface area (Å²) in [7, 11) is 1.57. The highest BCUT2D eigenvalue weighted by atomic mass is 32.1. The van der Waals surface area contributed by atoms with Crippen molar-refractivity contribution in [1.82, 2.24) is 19.6 Å². The van der Waals surface area contributed by atoms with Crippen LogP contribution in [0.25, 0.3) is 16.2 Å². The molecule has 3 aromatic heterocycles. The van der Waals surface area contributed by atoms with Crippen LogP contribution < -0.4 is 4.74 Å². The smallest absolute Gasteiger partial charge is 0.260 e. The molecule has 0 bridgehead atoms. The Morgan fingerprint density at radius 2 is 2.38 bits per heavy atom. The Bertz CT molecular complexity index is 617.